The van der Waals surface area contributed by atoms with E-state index in [4.69, 9.17) is 23.1 Å². The fourth-order valence-corrected chi connectivity index (χ4v) is 1.68. The van der Waals surface area contributed by atoms with Crippen molar-refractivity contribution in [2.75, 3.05) is 25.5 Å². The number of rotatable bonds is 6. The Hall–Kier alpha value is -1.50. The van der Waals surface area contributed by atoms with Crippen molar-refractivity contribution in [1.29, 1.82) is 0 Å². The number of carbonyl (C=O) groups excluding carboxylic acids is 1. The Morgan fingerprint density at radius 2 is 2.26 bits per heavy atom. The molecule has 0 fully saturated rings. The number of nitrogens with two attached hydrogens (primary N) is 1. The number of hydrogen-bond acceptors (Lipinski definition) is 4. The number of carbonyl (C=O) groups is 1. The summed E-state index contributed by atoms with van der Waals surface area (Å²) in [6.07, 6.45) is 0. The van der Waals surface area contributed by atoms with Crippen molar-refractivity contribution in [3.05, 3.63) is 29.8 Å². The Kier molecular flexibility index (Phi) is 5.88. The van der Waals surface area contributed by atoms with Crippen molar-refractivity contribution in [1.82, 2.24) is 4.90 Å². The van der Waals surface area contributed by atoms with Crippen LogP contribution < -0.4 is 11.1 Å². The van der Waals surface area contributed by atoms with E-state index in [1.807, 2.05) is 0 Å². The quantitative estimate of drug-likeness (QED) is 0.665. The second kappa shape index (κ2) is 7.18. The van der Waals surface area contributed by atoms with Gasteiger partial charge in [-0.25, -0.2) is 0 Å². The number of nitrogens with one attached hydrogen (secondary N) is 1. The average Bonchev–Trinajstić information content (AvgIpc) is 2.38. The molecule has 0 bridgehead atoms. The monoisotopic (exact) mass is 281 g/mol. The number of amides is 1. The number of benzene rings is 1. The molecule has 0 radical (unpaired) electrons. The predicted octanol–water partition coefficient (Wildman–Crippen LogP) is 0.572. The summed E-state index contributed by atoms with van der Waals surface area (Å²) in [5.41, 5.74) is 6.91. The highest BCUT2D eigenvalue weighted by atomic mass is 32.1. The van der Waals surface area contributed by atoms with E-state index in [1.165, 1.54) is 0 Å². The largest absolute Gasteiger partial charge is 0.395 e. The Bertz CT molecular complexity index is 465. The van der Waals surface area contributed by atoms with Crippen LogP contribution in [-0.2, 0) is 4.79 Å². The van der Waals surface area contributed by atoms with Gasteiger partial charge in [-0.05, 0) is 26.1 Å². The van der Waals surface area contributed by atoms with Gasteiger partial charge in [0.25, 0.3) is 0 Å². The molecule has 0 aliphatic carbocycles. The summed E-state index contributed by atoms with van der Waals surface area (Å²) >= 11 is 4.89. The van der Waals surface area contributed by atoms with Crippen molar-refractivity contribution in [2.45, 2.75) is 13.0 Å². The van der Waals surface area contributed by atoms with Crippen LogP contribution >= 0.6 is 12.2 Å². The van der Waals surface area contributed by atoms with E-state index in [9.17, 15) is 4.79 Å². The fraction of sp³-hybridized carbons (Fsp3) is 0.385. The maximum absolute atomic E-state index is 12.0. The molecule has 1 unspecified atom stereocenters. The Labute approximate surface area is 118 Å². The molecule has 1 aromatic carbocycles. The topological polar surface area (TPSA) is 78.6 Å². The van der Waals surface area contributed by atoms with Gasteiger partial charge in [0.05, 0.1) is 12.6 Å². The lowest BCUT2D eigenvalue weighted by Gasteiger charge is -2.22. The summed E-state index contributed by atoms with van der Waals surface area (Å²) in [5.74, 6) is -0.143. The molecule has 1 rings (SSSR count). The van der Waals surface area contributed by atoms with Gasteiger partial charge in [0.1, 0.15) is 4.99 Å². The van der Waals surface area contributed by atoms with Crippen LogP contribution in [0.25, 0.3) is 0 Å². The van der Waals surface area contributed by atoms with Gasteiger partial charge in [0, 0.05) is 17.8 Å². The minimum Gasteiger partial charge on any atom is -0.395 e. The molecular formula is C13H19N3O2S. The SMILES string of the molecule is CC(C(=O)Nc1cccc(C(N)=S)c1)N(C)CCO. The van der Waals surface area contributed by atoms with Crippen LogP contribution in [0.3, 0.4) is 0 Å². The summed E-state index contributed by atoms with van der Waals surface area (Å²) < 4.78 is 0. The highest BCUT2D eigenvalue weighted by molar-refractivity contribution is 7.80. The summed E-state index contributed by atoms with van der Waals surface area (Å²) in [7, 11) is 1.78. The predicted molar refractivity (Wildman–Crippen MR) is 80.1 cm³/mol. The third kappa shape index (κ3) is 4.59. The molecule has 104 valence electrons. The number of nitrogens with zero attached hydrogens (tertiary/aromatic N) is 1. The first-order chi connectivity index (χ1) is 8.95. The van der Waals surface area contributed by atoms with Gasteiger partial charge in [-0.2, -0.15) is 0 Å². The molecule has 0 saturated heterocycles. The van der Waals surface area contributed by atoms with Crippen molar-refractivity contribution < 1.29 is 9.90 Å². The molecule has 1 amide bonds. The number of thiocarbonyl (C=S) groups is 1. The van der Waals surface area contributed by atoms with E-state index in [0.29, 0.717) is 22.8 Å². The van der Waals surface area contributed by atoms with E-state index in [1.54, 1.807) is 43.1 Å². The van der Waals surface area contributed by atoms with Crippen LogP contribution in [0.1, 0.15) is 12.5 Å². The van der Waals surface area contributed by atoms with Crippen LogP contribution in [0.5, 0.6) is 0 Å². The molecule has 0 spiro atoms. The Balaban J connectivity index is 2.71. The molecule has 1 aromatic rings. The normalized spacial score (nSPS) is 12.2. The minimum absolute atomic E-state index is 0.0189. The highest BCUT2D eigenvalue weighted by Gasteiger charge is 2.17. The van der Waals surface area contributed by atoms with Crippen molar-refractivity contribution in [3.63, 3.8) is 0 Å². The molecule has 0 aliphatic rings. The molecule has 0 aromatic heterocycles. The van der Waals surface area contributed by atoms with Crippen LogP contribution in [0.2, 0.25) is 0 Å². The molecule has 4 N–H and O–H groups in total. The Morgan fingerprint density at radius 3 is 2.84 bits per heavy atom. The van der Waals surface area contributed by atoms with Gasteiger partial charge in [0.15, 0.2) is 0 Å². The standard InChI is InChI=1S/C13H19N3O2S/c1-9(16(2)6-7-17)13(18)15-11-5-3-4-10(8-11)12(14)19/h3-5,8-9,17H,6-7H2,1-2H3,(H2,14,19)(H,15,18). The smallest absolute Gasteiger partial charge is 0.241 e. The molecule has 1 atom stereocenters. The summed E-state index contributed by atoms with van der Waals surface area (Å²) in [6.45, 7) is 2.25. The molecule has 0 heterocycles. The number of likely N-dealkylation sites (N-methyl/N-ethyl adjacent to an activating group) is 1. The molecule has 6 heteroatoms. The first kappa shape index (κ1) is 15.6. The van der Waals surface area contributed by atoms with Gasteiger partial charge in [-0.1, -0.05) is 24.4 Å². The van der Waals surface area contributed by atoms with Gasteiger partial charge in [-0.15, -0.1) is 0 Å². The first-order valence-electron chi connectivity index (χ1n) is 5.97. The van der Waals surface area contributed by atoms with E-state index in [2.05, 4.69) is 5.32 Å². The summed E-state index contributed by atoms with van der Waals surface area (Å²) in [5, 5.41) is 11.7. The lowest BCUT2D eigenvalue weighted by atomic mass is 10.2. The van der Waals surface area contributed by atoms with Crippen molar-refractivity contribution >= 4 is 28.8 Å². The van der Waals surface area contributed by atoms with E-state index in [-0.39, 0.29) is 18.6 Å². The van der Waals surface area contributed by atoms with Crippen LogP contribution in [0, 0.1) is 0 Å². The van der Waals surface area contributed by atoms with E-state index >= 15 is 0 Å². The first-order valence-corrected chi connectivity index (χ1v) is 6.38. The maximum atomic E-state index is 12.0. The van der Waals surface area contributed by atoms with Gasteiger partial charge < -0.3 is 16.2 Å². The number of aliphatic hydroxyl groups is 1. The summed E-state index contributed by atoms with van der Waals surface area (Å²) in [6, 6.07) is 6.75. The minimum atomic E-state index is -0.333. The third-order valence-corrected chi connectivity index (χ3v) is 3.14. The van der Waals surface area contributed by atoms with Crippen molar-refractivity contribution in [2.24, 2.45) is 5.73 Å². The van der Waals surface area contributed by atoms with E-state index < -0.39 is 0 Å². The number of hydrogen-bond donors (Lipinski definition) is 3. The van der Waals surface area contributed by atoms with Crippen LogP contribution in [0.15, 0.2) is 24.3 Å². The van der Waals surface area contributed by atoms with Crippen LogP contribution in [-0.4, -0.2) is 47.1 Å². The number of aliphatic hydroxyl groups excluding tert-OH is 1. The van der Waals surface area contributed by atoms with Gasteiger partial charge in [0.2, 0.25) is 5.91 Å². The zero-order chi connectivity index (χ0) is 14.4. The lowest BCUT2D eigenvalue weighted by Crippen LogP contribution is -2.40. The van der Waals surface area contributed by atoms with E-state index in [0.717, 1.165) is 0 Å². The molecule has 5 nitrogen and oxygen atoms in total. The molecular weight excluding hydrogens is 262 g/mol. The van der Waals surface area contributed by atoms with Crippen molar-refractivity contribution in [3.8, 4) is 0 Å². The highest BCUT2D eigenvalue weighted by Crippen LogP contribution is 2.11. The zero-order valence-electron chi connectivity index (χ0n) is 11.1. The second-order valence-electron chi connectivity index (χ2n) is 4.31. The fourth-order valence-electron chi connectivity index (χ4n) is 1.55. The average molecular weight is 281 g/mol. The molecule has 0 aliphatic heterocycles. The second-order valence-corrected chi connectivity index (χ2v) is 4.75. The Morgan fingerprint density at radius 1 is 1.58 bits per heavy atom. The maximum Gasteiger partial charge on any atom is 0.241 e. The van der Waals surface area contributed by atoms with Gasteiger partial charge >= 0.3 is 0 Å². The number of anilines is 1. The van der Waals surface area contributed by atoms with Gasteiger partial charge in [-0.3, -0.25) is 9.69 Å². The molecule has 0 saturated carbocycles. The molecule has 19 heavy (non-hydrogen) atoms. The summed E-state index contributed by atoms with van der Waals surface area (Å²) in [4.78, 5) is 14.1. The lowest BCUT2D eigenvalue weighted by molar-refractivity contribution is -0.120. The third-order valence-electron chi connectivity index (χ3n) is 2.91. The van der Waals surface area contributed by atoms with Crippen LogP contribution in [0.4, 0.5) is 5.69 Å². The zero-order valence-corrected chi connectivity index (χ0v) is 11.9.